The molecule has 28 heavy (non-hydrogen) atoms. The zero-order valence-electron chi connectivity index (χ0n) is 15.9. The van der Waals surface area contributed by atoms with E-state index in [1.54, 1.807) is 6.20 Å². The smallest absolute Gasteiger partial charge is 0.241 e. The Morgan fingerprint density at radius 1 is 1.07 bits per heavy atom. The van der Waals surface area contributed by atoms with Gasteiger partial charge >= 0.3 is 0 Å². The van der Waals surface area contributed by atoms with Gasteiger partial charge < -0.3 is 9.63 Å². The van der Waals surface area contributed by atoms with Gasteiger partial charge in [0.15, 0.2) is 0 Å². The second-order valence-corrected chi connectivity index (χ2v) is 7.43. The molecule has 4 rings (SSSR count). The molecule has 1 N–H and O–H groups in total. The number of rotatable bonds is 7. The molecule has 0 radical (unpaired) electrons. The van der Waals surface area contributed by atoms with Gasteiger partial charge in [-0.1, -0.05) is 41.6 Å². The minimum atomic E-state index is -0.235. The lowest BCUT2D eigenvalue weighted by Gasteiger charge is -2.33. The molecule has 6 nitrogen and oxygen atoms in total. The molecule has 0 aliphatic carbocycles. The first-order chi connectivity index (χ1) is 13.8. The number of aromatic nitrogens is 3. The second kappa shape index (κ2) is 9.08. The molecule has 0 amide bonds. The van der Waals surface area contributed by atoms with Crippen molar-refractivity contribution in [1.82, 2.24) is 20.0 Å². The number of piperidine rings is 1. The van der Waals surface area contributed by atoms with Crippen molar-refractivity contribution in [2.45, 2.75) is 38.3 Å². The summed E-state index contributed by atoms with van der Waals surface area (Å²) in [6.45, 7) is 2.52. The van der Waals surface area contributed by atoms with E-state index in [0.717, 1.165) is 44.5 Å². The predicted octanol–water partition coefficient (Wildman–Crippen LogP) is 3.34. The van der Waals surface area contributed by atoms with E-state index < -0.39 is 0 Å². The van der Waals surface area contributed by atoms with Crippen LogP contribution in [-0.2, 0) is 13.0 Å². The van der Waals surface area contributed by atoms with E-state index in [-0.39, 0.29) is 6.10 Å². The Bertz CT molecular complexity index is 845. The van der Waals surface area contributed by atoms with Gasteiger partial charge in [0.05, 0.1) is 12.6 Å². The Morgan fingerprint density at radius 2 is 1.86 bits per heavy atom. The van der Waals surface area contributed by atoms with Gasteiger partial charge in [0, 0.05) is 6.20 Å². The number of hydrogen-bond donors (Lipinski definition) is 1. The first-order valence-corrected chi connectivity index (χ1v) is 9.96. The maximum atomic E-state index is 10.6. The Labute approximate surface area is 165 Å². The highest BCUT2D eigenvalue weighted by Gasteiger charge is 2.26. The van der Waals surface area contributed by atoms with Gasteiger partial charge in [-0.15, -0.1) is 0 Å². The first kappa shape index (κ1) is 18.8. The Balaban J connectivity index is 1.24. The van der Waals surface area contributed by atoms with Crippen molar-refractivity contribution in [3.8, 4) is 11.5 Å². The average Bonchev–Trinajstić information content (AvgIpc) is 3.22. The third-order valence-electron chi connectivity index (χ3n) is 5.47. The second-order valence-electron chi connectivity index (χ2n) is 7.43. The highest BCUT2D eigenvalue weighted by Crippen LogP contribution is 2.24. The van der Waals surface area contributed by atoms with E-state index in [4.69, 9.17) is 4.52 Å². The zero-order valence-corrected chi connectivity index (χ0v) is 15.9. The fourth-order valence-electron chi connectivity index (χ4n) is 3.80. The zero-order chi connectivity index (χ0) is 19.2. The molecule has 3 aromatic rings. The molecule has 0 bridgehead atoms. The van der Waals surface area contributed by atoms with Crippen LogP contribution in [0, 0.1) is 5.92 Å². The molecule has 0 unspecified atom stereocenters. The van der Waals surface area contributed by atoms with E-state index in [2.05, 4.69) is 44.3 Å². The van der Waals surface area contributed by atoms with Gasteiger partial charge in [-0.2, -0.15) is 4.98 Å². The topological polar surface area (TPSA) is 75.3 Å². The largest absolute Gasteiger partial charge is 0.393 e. The third-order valence-corrected chi connectivity index (χ3v) is 5.47. The van der Waals surface area contributed by atoms with Crippen LogP contribution in [-0.4, -0.2) is 44.3 Å². The van der Waals surface area contributed by atoms with Crippen LogP contribution < -0.4 is 0 Å². The van der Waals surface area contributed by atoms with E-state index in [1.807, 2.05) is 24.3 Å². The molecule has 6 heteroatoms. The van der Waals surface area contributed by atoms with Crippen molar-refractivity contribution in [2.24, 2.45) is 5.92 Å². The number of nitrogens with zero attached hydrogens (tertiary/aromatic N) is 4. The number of aryl methyl sites for hydroxylation is 1. The summed E-state index contributed by atoms with van der Waals surface area (Å²) >= 11 is 0. The van der Waals surface area contributed by atoms with Crippen LogP contribution in [0.25, 0.3) is 11.5 Å². The molecule has 3 heterocycles. The molecule has 0 spiro atoms. The number of aliphatic hydroxyl groups excluding tert-OH is 1. The van der Waals surface area contributed by atoms with Crippen molar-refractivity contribution in [3.05, 3.63) is 66.2 Å². The summed E-state index contributed by atoms with van der Waals surface area (Å²) in [7, 11) is 0. The fraction of sp³-hybridized carbons (Fsp3) is 0.409. The Morgan fingerprint density at radius 3 is 2.61 bits per heavy atom. The fourth-order valence-corrected chi connectivity index (χ4v) is 3.80. The maximum Gasteiger partial charge on any atom is 0.241 e. The van der Waals surface area contributed by atoms with Crippen molar-refractivity contribution in [2.75, 3.05) is 13.1 Å². The minimum absolute atomic E-state index is 0.235. The summed E-state index contributed by atoms with van der Waals surface area (Å²) in [5.41, 5.74) is 2.01. The van der Waals surface area contributed by atoms with Gasteiger partial charge in [0.1, 0.15) is 5.69 Å². The van der Waals surface area contributed by atoms with Gasteiger partial charge in [-0.05, 0) is 62.4 Å². The number of pyridine rings is 1. The summed E-state index contributed by atoms with van der Waals surface area (Å²) in [5.74, 6) is 1.51. The predicted molar refractivity (Wildman–Crippen MR) is 106 cm³/mol. The van der Waals surface area contributed by atoms with Gasteiger partial charge in [-0.25, -0.2) is 0 Å². The standard InChI is InChI=1S/C22H26N4O2/c27-20(10-9-17-6-2-1-3-7-17)18-11-14-26(15-12-18)16-21-24-22(25-28-21)19-8-4-5-13-23-19/h1-8,13,18,20,27H,9-12,14-16H2/t20-/m1/s1. The van der Waals surface area contributed by atoms with Gasteiger partial charge in [-0.3, -0.25) is 9.88 Å². The number of hydrogen-bond acceptors (Lipinski definition) is 6. The normalized spacial score (nSPS) is 16.9. The Kier molecular flexibility index (Phi) is 6.09. The summed E-state index contributed by atoms with van der Waals surface area (Å²) in [5, 5.41) is 14.6. The quantitative estimate of drug-likeness (QED) is 0.680. The van der Waals surface area contributed by atoms with Crippen LogP contribution in [0.5, 0.6) is 0 Å². The third kappa shape index (κ3) is 4.82. The average molecular weight is 378 g/mol. The lowest BCUT2D eigenvalue weighted by Crippen LogP contribution is -2.37. The van der Waals surface area contributed by atoms with E-state index in [9.17, 15) is 5.11 Å². The molecular weight excluding hydrogens is 352 g/mol. The molecular formula is C22H26N4O2. The summed E-state index contributed by atoms with van der Waals surface area (Å²) in [4.78, 5) is 11.0. The van der Waals surface area contributed by atoms with Crippen LogP contribution in [0.4, 0.5) is 0 Å². The number of aliphatic hydroxyl groups is 1. The highest BCUT2D eigenvalue weighted by molar-refractivity contribution is 5.46. The van der Waals surface area contributed by atoms with Crippen LogP contribution in [0.1, 0.15) is 30.7 Å². The van der Waals surface area contributed by atoms with Crippen molar-refractivity contribution >= 4 is 0 Å². The lowest BCUT2D eigenvalue weighted by molar-refractivity contribution is 0.0492. The maximum absolute atomic E-state index is 10.6. The lowest BCUT2D eigenvalue weighted by atomic mass is 9.88. The van der Waals surface area contributed by atoms with Gasteiger partial charge in [0.2, 0.25) is 11.7 Å². The minimum Gasteiger partial charge on any atom is -0.393 e. The molecule has 0 saturated carbocycles. The number of benzene rings is 1. The monoisotopic (exact) mass is 378 g/mol. The van der Waals surface area contributed by atoms with Crippen LogP contribution >= 0.6 is 0 Å². The van der Waals surface area contributed by atoms with E-state index in [0.29, 0.717) is 24.2 Å². The first-order valence-electron chi connectivity index (χ1n) is 9.96. The highest BCUT2D eigenvalue weighted by atomic mass is 16.5. The molecule has 1 fully saturated rings. The molecule has 146 valence electrons. The van der Waals surface area contributed by atoms with Crippen molar-refractivity contribution < 1.29 is 9.63 Å². The Hall–Kier alpha value is -2.57. The van der Waals surface area contributed by atoms with E-state index in [1.165, 1.54) is 5.56 Å². The van der Waals surface area contributed by atoms with Crippen LogP contribution in [0.3, 0.4) is 0 Å². The SMILES string of the molecule is O[C@H](CCc1ccccc1)C1CCN(Cc2nc(-c3ccccn3)no2)CC1. The number of likely N-dealkylation sites (tertiary alicyclic amines) is 1. The van der Waals surface area contributed by atoms with Crippen LogP contribution in [0.2, 0.25) is 0 Å². The summed E-state index contributed by atoms with van der Waals surface area (Å²) < 4.78 is 5.39. The van der Waals surface area contributed by atoms with Crippen molar-refractivity contribution in [3.63, 3.8) is 0 Å². The van der Waals surface area contributed by atoms with Crippen molar-refractivity contribution in [1.29, 1.82) is 0 Å². The molecule has 1 aliphatic heterocycles. The molecule has 2 aromatic heterocycles. The van der Waals surface area contributed by atoms with Crippen LogP contribution in [0.15, 0.2) is 59.3 Å². The van der Waals surface area contributed by atoms with Gasteiger partial charge in [0.25, 0.3) is 0 Å². The molecule has 1 atom stereocenters. The molecule has 1 saturated heterocycles. The summed E-state index contributed by atoms with van der Waals surface area (Å²) in [6.07, 6.45) is 5.24. The molecule has 1 aliphatic rings. The molecule has 1 aromatic carbocycles. The van der Waals surface area contributed by atoms with E-state index >= 15 is 0 Å². The summed E-state index contributed by atoms with van der Waals surface area (Å²) in [6, 6.07) is 16.0.